The second-order valence-electron chi connectivity index (χ2n) is 6.58. The molecule has 0 aliphatic carbocycles. The van der Waals surface area contributed by atoms with Gasteiger partial charge in [-0.1, -0.05) is 0 Å². The summed E-state index contributed by atoms with van der Waals surface area (Å²) < 4.78 is 7.08. The van der Waals surface area contributed by atoms with Crippen molar-refractivity contribution in [3.8, 4) is 0 Å². The number of carbonyl (C=O) groups is 2. The van der Waals surface area contributed by atoms with Crippen LogP contribution in [0.5, 0.6) is 0 Å². The summed E-state index contributed by atoms with van der Waals surface area (Å²) in [5.74, 6) is 0.272. The zero-order valence-electron chi connectivity index (χ0n) is 14.3. The van der Waals surface area contributed by atoms with Crippen molar-refractivity contribution in [2.75, 3.05) is 32.8 Å². The molecule has 0 bridgehead atoms. The number of aromatic nitrogens is 2. The largest absolute Gasteiger partial charge is 0.381 e. The van der Waals surface area contributed by atoms with Crippen LogP contribution in [0.1, 0.15) is 42.5 Å². The number of nitrogens with zero attached hydrogens (tertiary/aromatic N) is 4. The first kappa shape index (κ1) is 17.0. The molecule has 2 fully saturated rings. The molecule has 3 heterocycles. The molecule has 0 saturated carbocycles. The van der Waals surface area contributed by atoms with Crippen LogP contribution in [0, 0.1) is 0 Å². The molecule has 1 aromatic heterocycles. The van der Waals surface area contributed by atoms with Gasteiger partial charge in [0, 0.05) is 58.6 Å². The second kappa shape index (κ2) is 7.79. The van der Waals surface area contributed by atoms with Gasteiger partial charge in [-0.05, 0) is 25.7 Å². The topological polar surface area (TPSA) is 67.7 Å². The number of carbonyl (C=O) groups excluding carboxylic acids is 2. The monoisotopic (exact) mass is 334 g/mol. The third-order valence-electron chi connectivity index (χ3n) is 4.84. The number of hydrogen-bond donors (Lipinski definition) is 0. The van der Waals surface area contributed by atoms with Crippen LogP contribution in [0.2, 0.25) is 0 Å². The van der Waals surface area contributed by atoms with Crippen molar-refractivity contribution in [1.29, 1.82) is 0 Å². The summed E-state index contributed by atoms with van der Waals surface area (Å²) in [4.78, 5) is 28.5. The molecule has 0 N–H and O–H groups in total. The smallest absolute Gasteiger partial charge is 0.257 e. The molecule has 24 heavy (non-hydrogen) atoms. The molecule has 2 amide bonds. The second-order valence-corrected chi connectivity index (χ2v) is 6.58. The van der Waals surface area contributed by atoms with E-state index in [-0.39, 0.29) is 17.9 Å². The maximum atomic E-state index is 12.9. The highest BCUT2D eigenvalue weighted by atomic mass is 16.5. The van der Waals surface area contributed by atoms with Crippen LogP contribution in [0.15, 0.2) is 12.4 Å². The highest BCUT2D eigenvalue weighted by Crippen LogP contribution is 2.18. The Hall–Kier alpha value is -1.89. The van der Waals surface area contributed by atoms with Crippen molar-refractivity contribution in [2.24, 2.45) is 7.05 Å². The average Bonchev–Trinajstić information content (AvgIpc) is 3.20. The lowest BCUT2D eigenvalue weighted by Gasteiger charge is -2.34. The Morgan fingerprint density at radius 1 is 1.42 bits per heavy atom. The van der Waals surface area contributed by atoms with E-state index in [1.807, 2.05) is 16.8 Å². The minimum absolute atomic E-state index is 0.0303. The van der Waals surface area contributed by atoms with E-state index in [2.05, 4.69) is 5.10 Å². The van der Waals surface area contributed by atoms with Crippen LogP contribution in [-0.2, 0) is 16.6 Å². The van der Waals surface area contributed by atoms with E-state index in [9.17, 15) is 9.59 Å². The van der Waals surface area contributed by atoms with Crippen molar-refractivity contribution in [3.05, 3.63) is 18.0 Å². The van der Waals surface area contributed by atoms with Gasteiger partial charge in [0.05, 0.1) is 11.8 Å². The van der Waals surface area contributed by atoms with Crippen molar-refractivity contribution in [2.45, 2.75) is 38.1 Å². The maximum absolute atomic E-state index is 12.9. The number of rotatable bonds is 6. The third kappa shape index (κ3) is 3.95. The van der Waals surface area contributed by atoms with Gasteiger partial charge in [-0.2, -0.15) is 5.10 Å². The molecule has 2 aliphatic heterocycles. The lowest BCUT2D eigenvalue weighted by atomic mass is 10.1. The van der Waals surface area contributed by atoms with Gasteiger partial charge >= 0.3 is 0 Å². The Morgan fingerprint density at radius 3 is 2.83 bits per heavy atom. The number of amides is 2. The number of ether oxygens (including phenoxy) is 1. The van der Waals surface area contributed by atoms with E-state index in [0.717, 1.165) is 38.8 Å². The molecule has 7 nitrogen and oxygen atoms in total. The van der Waals surface area contributed by atoms with Gasteiger partial charge in [0.1, 0.15) is 0 Å². The van der Waals surface area contributed by atoms with Crippen LogP contribution < -0.4 is 0 Å². The fourth-order valence-electron chi connectivity index (χ4n) is 3.52. The fourth-order valence-corrected chi connectivity index (χ4v) is 3.52. The Labute approximate surface area is 142 Å². The van der Waals surface area contributed by atoms with E-state index in [1.165, 1.54) is 0 Å². The Balaban J connectivity index is 1.62. The number of aryl methyl sites for hydroxylation is 1. The van der Waals surface area contributed by atoms with Crippen molar-refractivity contribution in [3.63, 3.8) is 0 Å². The van der Waals surface area contributed by atoms with Crippen LogP contribution in [0.25, 0.3) is 0 Å². The lowest BCUT2D eigenvalue weighted by molar-refractivity contribution is -0.127. The predicted molar refractivity (Wildman–Crippen MR) is 88.5 cm³/mol. The summed E-state index contributed by atoms with van der Waals surface area (Å²) in [6.07, 6.45) is 7.56. The van der Waals surface area contributed by atoms with E-state index in [1.54, 1.807) is 17.1 Å². The molecule has 0 spiro atoms. The molecule has 0 radical (unpaired) electrons. The summed E-state index contributed by atoms with van der Waals surface area (Å²) in [6, 6.07) is 0.209. The van der Waals surface area contributed by atoms with Crippen LogP contribution in [0.3, 0.4) is 0 Å². The first-order valence-electron chi connectivity index (χ1n) is 8.80. The third-order valence-corrected chi connectivity index (χ3v) is 4.84. The van der Waals surface area contributed by atoms with E-state index < -0.39 is 0 Å². The quantitative estimate of drug-likeness (QED) is 0.780. The van der Waals surface area contributed by atoms with Crippen LogP contribution >= 0.6 is 0 Å². The maximum Gasteiger partial charge on any atom is 0.257 e. The number of likely N-dealkylation sites (tertiary alicyclic amines) is 1. The van der Waals surface area contributed by atoms with Crippen LogP contribution in [0.4, 0.5) is 0 Å². The van der Waals surface area contributed by atoms with Crippen molar-refractivity contribution >= 4 is 11.8 Å². The molecule has 132 valence electrons. The minimum Gasteiger partial charge on any atom is -0.381 e. The summed E-state index contributed by atoms with van der Waals surface area (Å²) >= 11 is 0. The fraction of sp³-hybridized carbons (Fsp3) is 0.706. The van der Waals surface area contributed by atoms with Gasteiger partial charge in [-0.3, -0.25) is 14.3 Å². The summed E-state index contributed by atoms with van der Waals surface area (Å²) in [5, 5.41) is 4.11. The van der Waals surface area contributed by atoms with Crippen LogP contribution in [-0.4, -0.2) is 70.3 Å². The van der Waals surface area contributed by atoms with E-state index in [0.29, 0.717) is 31.7 Å². The molecule has 0 aromatic carbocycles. The first-order chi connectivity index (χ1) is 11.6. The average molecular weight is 334 g/mol. The standard InChI is InChI=1S/C17H26N4O3/c1-19-13-14(12-18-19)17(23)21(15-5-10-24-11-6-15)9-3-8-20-7-2-4-16(20)22/h12-13,15H,2-11H2,1H3. The SMILES string of the molecule is Cn1cc(C(=O)N(CCCN2CCCC2=O)C2CCOCC2)cn1. The first-order valence-corrected chi connectivity index (χ1v) is 8.80. The lowest BCUT2D eigenvalue weighted by Crippen LogP contribution is -2.44. The molecule has 7 heteroatoms. The van der Waals surface area contributed by atoms with Gasteiger partial charge < -0.3 is 14.5 Å². The molecule has 0 unspecified atom stereocenters. The van der Waals surface area contributed by atoms with E-state index >= 15 is 0 Å². The molecular weight excluding hydrogens is 308 g/mol. The van der Waals surface area contributed by atoms with Gasteiger partial charge in [-0.15, -0.1) is 0 Å². The van der Waals surface area contributed by atoms with Gasteiger partial charge in [0.2, 0.25) is 5.91 Å². The molecule has 1 aromatic rings. The number of hydrogen-bond acceptors (Lipinski definition) is 4. The zero-order chi connectivity index (χ0) is 16.9. The molecule has 3 rings (SSSR count). The van der Waals surface area contributed by atoms with Gasteiger partial charge in [-0.25, -0.2) is 0 Å². The zero-order valence-corrected chi connectivity index (χ0v) is 14.3. The highest BCUT2D eigenvalue weighted by Gasteiger charge is 2.28. The Kier molecular flexibility index (Phi) is 5.50. The van der Waals surface area contributed by atoms with Crippen molar-refractivity contribution < 1.29 is 14.3 Å². The molecule has 2 aliphatic rings. The summed E-state index contributed by atoms with van der Waals surface area (Å²) in [5.41, 5.74) is 0.626. The molecule has 0 atom stereocenters. The predicted octanol–water partition coefficient (Wildman–Crippen LogP) is 1.05. The minimum atomic E-state index is 0.0303. The van der Waals surface area contributed by atoms with Crippen molar-refractivity contribution in [1.82, 2.24) is 19.6 Å². The Bertz CT molecular complexity index is 580. The summed E-state index contributed by atoms with van der Waals surface area (Å²) in [6.45, 7) is 3.66. The normalized spacial score (nSPS) is 19.0. The van der Waals surface area contributed by atoms with E-state index in [4.69, 9.17) is 4.74 Å². The summed E-state index contributed by atoms with van der Waals surface area (Å²) in [7, 11) is 1.81. The van der Waals surface area contributed by atoms with Gasteiger partial charge in [0.15, 0.2) is 0 Å². The molecule has 2 saturated heterocycles. The van der Waals surface area contributed by atoms with Gasteiger partial charge in [0.25, 0.3) is 5.91 Å². The molecular formula is C17H26N4O3. The Morgan fingerprint density at radius 2 is 2.21 bits per heavy atom. The highest BCUT2D eigenvalue weighted by molar-refractivity contribution is 5.94.